The molecular weight excluding hydrogens is 264 g/mol. The van der Waals surface area contributed by atoms with Crippen molar-refractivity contribution in [3.63, 3.8) is 0 Å². The van der Waals surface area contributed by atoms with E-state index >= 15 is 0 Å². The normalized spacial score (nSPS) is 12.3. The molecule has 94 valence electrons. The van der Waals surface area contributed by atoms with Crippen molar-refractivity contribution in [2.45, 2.75) is 12.2 Å². The zero-order valence-electron chi connectivity index (χ0n) is 8.20. The molecule has 1 aromatic carbocycles. The number of halogens is 5. The van der Waals surface area contributed by atoms with Crippen LogP contribution in [0.1, 0.15) is 17.2 Å². The number of hydrogen-bond acceptors (Lipinski definition) is 2. The smallest absolute Gasteiger partial charge is 0.329 e. The standard InChI is InChI=1S/C9H11F3N2.2ClH/c10-9(11,12)7-3-1-6(2-4-7)8(14)5-13;;/h1-4,8H,5,13-14H2;2*1H/t8-;;/m0../s1. The third-order valence-corrected chi connectivity index (χ3v) is 1.92. The Hall–Kier alpha value is -0.490. The van der Waals surface area contributed by atoms with Gasteiger partial charge in [-0.05, 0) is 17.7 Å². The molecule has 7 heteroatoms. The highest BCUT2D eigenvalue weighted by atomic mass is 35.5. The van der Waals surface area contributed by atoms with Gasteiger partial charge in [-0.1, -0.05) is 12.1 Å². The maximum Gasteiger partial charge on any atom is 0.416 e. The molecule has 0 aromatic heterocycles. The minimum atomic E-state index is -4.30. The Morgan fingerprint density at radius 1 is 1.06 bits per heavy atom. The van der Waals surface area contributed by atoms with Crippen LogP contribution in [-0.4, -0.2) is 6.54 Å². The van der Waals surface area contributed by atoms with Gasteiger partial charge in [-0.2, -0.15) is 13.2 Å². The minimum Gasteiger partial charge on any atom is -0.329 e. The molecule has 0 spiro atoms. The lowest BCUT2D eigenvalue weighted by atomic mass is 10.1. The fourth-order valence-corrected chi connectivity index (χ4v) is 1.06. The van der Waals surface area contributed by atoms with Gasteiger partial charge in [0.05, 0.1) is 5.56 Å². The molecule has 0 bridgehead atoms. The molecule has 0 unspecified atom stereocenters. The van der Waals surface area contributed by atoms with E-state index in [0.29, 0.717) is 5.56 Å². The lowest BCUT2D eigenvalue weighted by molar-refractivity contribution is -0.137. The summed E-state index contributed by atoms with van der Waals surface area (Å²) in [5, 5.41) is 0. The zero-order valence-corrected chi connectivity index (χ0v) is 9.83. The van der Waals surface area contributed by atoms with Crippen molar-refractivity contribution in [1.82, 2.24) is 0 Å². The molecule has 16 heavy (non-hydrogen) atoms. The van der Waals surface area contributed by atoms with Crippen LogP contribution in [0.3, 0.4) is 0 Å². The largest absolute Gasteiger partial charge is 0.416 e. The molecule has 0 aliphatic carbocycles. The van der Waals surface area contributed by atoms with Gasteiger partial charge in [0.1, 0.15) is 0 Å². The van der Waals surface area contributed by atoms with Crippen LogP contribution in [0.15, 0.2) is 24.3 Å². The second kappa shape index (κ2) is 6.96. The lowest BCUT2D eigenvalue weighted by Gasteiger charge is -2.11. The van der Waals surface area contributed by atoms with Crippen LogP contribution in [0.4, 0.5) is 13.2 Å². The molecule has 0 aliphatic heterocycles. The second-order valence-electron chi connectivity index (χ2n) is 2.96. The monoisotopic (exact) mass is 276 g/mol. The third kappa shape index (κ3) is 4.57. The molecule has 0 fully saturated rings. The molecule has 0 aliphatic rings. The molecule has 0 heterocycles. The van der Waals surface area contributed by atoms with Gasteiger partial charge in [0.25, 0.3) is 0 Å². The van der Waals surface area contributed by atoms with Crippen LogP contribution in [0, 0.1) is 0 Å². The van der Waals surface area contributed by atoms with E-state index in [-0.39, 0.29) is 31.4 Å². The van der Waals surface area contributed by atoms with Gasteiger partial charge >= 0.3 is 6.18 Å². The Bertz CT molecular complexity index is 301. The fourth-order valence-electron chi connectivity index (χ4n) is 1.06. The van der Waals surface area contributed by atoms with Gasteiger partial charge in [0.15, 0.2) is 0 Å². The molecule has 0 amide bonds. The highest BCUT2D eigenvalue weighted by molar-refractivity contribution is 5.85. The van der Waals surface area contributed by atoms with E-state index in [9.17, 15) is 13.2 Å². The first-order valence-corrected chi connectivity index (χ1v) is 4.08. The Morgan fingerprint density at radius 3 is 1.81 bits per heavy atom. The van der Waals surface area contributed by atoms with Gasteiger partial charge in [0.2, 0.25) is 0 Å². The van der Waals surface area contributed by atoms with Gasteiger partial charge in [-0.15, -0.1) is 24.8 Å². The summed E-state index contributed by atoms with van der Waals surface area (Å²) in [5.41, 5.74) is 10.8. The van der Waals surface area contributed by atoms with Crippen LogP contribution < -0.4 is 11.5 Å². The van der Waals surface area contributed by atoms with E-state index in [2.05, 4.69) is 0 Å². The summed E-state index contributed by atoms with van der Waals surface area (Å²) in [4.78, 5) is 0. The number of benzene rings is 1. The van der Waals surface area contributed by atoms with Crippen LogP contribution >= 0.6 is 24.8 Å². The molecule has 2 nitrogen and oxygen atoms in total. The molecule has 1 aromatic rings. The van der Waals surface area contributed by atoms with Crippen molar-refractivity contribution < 1.29 is 13.2 Å². The summed E-state index contributed by atoms with van der Waals surface area (Å²) in [6, 6.07) is 4.30. The predicted molar refractivity (Wildman–Crippen MR) is 61.9 cm³/mol. The zero-order chi connectivity index (χ0) is 10.8. The van der Waals surface area contributed by atoms with E-state index in [0.717, 1.165) is 12.1 Å². The first-order valence-electron chi connectivity index (χ1n) is 4.08. The number of alkyl halides is 3. The summed E-state index contributed by atoms with van der Waals surface area (Å²) < 4.78 is 36.4. The average molecular weight is 277 g/mol. The first-order chi connectivity index (χ1) is 6.45. The SMILES string of the molecule is Cl.Cl.NC[C@H](N)c1ccc(C(F)(F)F)cc1. The number of nitrogens with two attached hydrogens (primary N) is 2. The van der Waals surface area contributed by atoms with E-state index in [1.807, 2.05) is 0 Å². The number of hydrogen-bond donors (Lipinski definition) is 2. The first kappa shape index (κ1) is 17.9. The summed E-state index contributed by atoms with van der Waals surface area (Å²) >= 11 is 0. The van der Waals surface area contributed by atoms with Crippen LogP contribution in [0.5, 0.6) is 0 Å². The lowest BCUT2D eigenvalue weighted by Crippen LogP contribution is -2.20. The van der Waals surface area contributed by atoms with Gasteiger partial charge < -0.3 is 11.5 Å². The van der Waals surface area contributed by atoms with Crippen molar-refractivity contribution >= 4 is 24.8 Å². The van der Waals surface area contributed by atoms with Crippen molar-refractivity contribution in [2.75, 3.05) is 6.54 Å². The topological polar surface area (TPSA) is 52.0 Å². The summed E-state index contributed by atoms with van der Waals surface area (Å²) in [6.45, 7) is 0.214. The van der Waals surface area contributed by atoms with E-state index < -0.39 is 17.8 Å². The van der Waals surface area contributed by atoms with Crippen LogP contribution in [0.2, 0.25) is 0 Å². The van der Waals surface area contributed by atoms with Crippen molar-refractivity contribution in [2.24, 2.45) is 11.5 Å². The highest BCUT2D eigenvalue weighted by Gasteiger charge is 2.30. The molecule has 0 radical (unpaired) electrons. The molecule has 1 atom stereocenters. The quantitative estimate of drug-likeness (QED) is 0.872. The summed E-state index contributed by atoms with van der Waals surface area (Å²) in [5.74, 6) is 0. The maximum absolute atomic E-state index is 12.1. The predicted octanol–water partition coefficient (Wildman–Crippen LogP) is 2.51. The second-order valence-corrected chi connectivity index (χ2v) is 2.96. The summed E-state index contributed by atoms with van der Waals surface area (Å²) in [6.07, 6.45) is -4.30. The Kier molecular flexibility index (Phi) is 7.78. The Labute approximate surface area is 104 Å². The fraction of sp³-hybridized carbons (Fsp3) is 0.333. The van der Waals surface area contributed by atoms with Gasteiger partial charge in [-0.3, -0.25) is 0 Å². The summed E-state index contributed by atoms with van der Waals surface area (Å²) in [7, 11) is 0. The van der Waals surface area contributed by atoms with Crippen molar-refractivity contribution in [1.29, 1.82) is 0 Å². The maximum atomic E-state index is 12.1. The molecular formula is C9H13Cl2F3N2. The Balaban J connectivity index is 0. The highest BCUT2D eigenvalue weighted by Crippen LogP contribution is 2.29. The van der Waals surface area contributed by atoms with Crippen LogP contribution in [0.25, 0.3) is 0 Å². The van der Waals surface area contributed by atoms with Crippen molar-refractivity contribution in [3.8, 4) is 0 Å². The Morgan fingerprint density at radius 2 is 1.50 bits per heavy atom. The van der Waals surface area contributed by atoms with Crippen molar-refractivity contribution in [3.05, 3.63) is 35.4 Å². The van der Waals surface area contributed by atoms with Crippen LogP contribution in [-0.2, 0) is 6.18 Å². The minimum absolute atomic E-state index is 0. The van der Waals surface area contributed by atoms with Gasteiger partial charge in [0, 0.05) is 12.6 Å². The van der Waals surface area contributed by atoms with E-state index in [1.54, 1.807) is 0 Å². The number of rotatable bonds is 2. The van der Waals surface area contributed by atoms with E-state index in [1.165, 1.54) is 12.1 Å². The third-order valence-electron chi connectivity index (χ3n) is 1.92. The average Bonchev–Trinajstić information content (AvgIpc) is 2.15. The van der Waals surface area contributed by atoms with E-state index in [4.69, 9.17) is 11.5 Å². The molecule has 0 saturated carbocycles. The van der Waals surface area contributed by atoms with Gasteiger partial charge in [-0.25, -0.2) is 0 Å². The molecule has 1 rings (SSSR count). The molecule has 0 saturated heterocycles. The molecule has 4 N–H and O–H groups in total.